The maximum absolute atomic E-state index is 2.46. The van der Waals surface area contributed by atoms with Gasteiger partial charge in [0.1, 0.15) is 0 Å². The molecule has 1 nitrogen and oxygen atoms in total. The van der Waals surface area contributed by atoms with Gasteiger partial charge in [0, 0.05) is 16.8 Å². The second kappa shape index (κ2) is 10.4. The molecule has 0 saturated heterocycles. The molecule has 44 heavy (non-hydrogen) atoms. The lowest BCUT2D eigenvalue weighted by atomic mass is 9.81. The fourth-order valence-electron chi connectivity index (χ4n) is 7.08. The molecule has 0 radical (unpaired) electrons. The van der Waals surface area contributed by atoms with Crippen molar-refractivity contribution in [3.8, 4) is 33.4 Å². The lowest BCUT2D eigenvalue weighted by Crippen LogP contribution is -2.20. The Kier molecular flexibility index (Phi) is 6.20. The van der Waals surface area contributed by atoms with Crippen molar-refractivity contribution in [2.45, 2.75) is 19.3 Å². The van der Waals surface area contributed by atoms with E-state index in [2.05, 4.69) is 183 Å². The monoisotopic (exact) mass is 563 g/mol. The first-order valence-electron chi connectivity index (χ1n) is 15.4. The highest BCUT2D eigenvalue weighted by Gasteiger charge is 2.38. The van der Waals surface area contributed by atoms with Gasteiger partial charge in [0.05, 0.1) is 5.69 Å². The van der Waals surface area contributed by atoms with Crippen molar-refractivity contribution in [2.75, 3.05) is 4.90 Å². The second-order valence-electron chi connectivity index (χ2n) is 12.2. The first-order chi connectivity index (χ1) is 21.6. The molecule has 7 aromatic rings. The van der Waals surface area contributed by atoms with Crippen LogP contribution in [-0.4, -0.2) is 0 Å². The molecule has 210 valence electrons. The third-order valence-electron chi connectivity index (χ3n) is 9.20. The average Bonchev–Trinajstić information content (AvgIpc) is 3.32. The molecule has 0 fully saturated rings. The summed E-state index contributed by atoms with van der Waals surface area (Å²) in [4.78, 5) is 2.46. The van der Waals surface area contributed by atoms with Crippen LogP contribution in [0.2, 0.25) is 0 Å². The van der Waals surface area contributed by atoms with Crippen LogP contribution in [0.15, 0.2) is 164 Å². The first kappa shape index (κ1) is 26.2. The Balaban J connectivity index is 1.34. The fraction of sp³-hybridized carbons (Fsp3) is 0.0698. The lowest BCUT2D eigenvalue weighted by molar-refractivity contribution is 0.661. The zero-order valence-corrected chi connectivity index (χ0v) is 25.0. The molecule has 8 rings (SSSR count). The first-order valence-corrected chi connectivity index (χ1v) is 15.4. The summed E-state index contributed by atoms with van der Waals surface area (Å²) in [6, 6.07) is 59.6. The summed E-state index contributed by atoms with van der Waals surface area (Å²) < 4.78 is 0. The highest BCUT2D eigenvalue weighted by atomic mass is 15.1. The van der Waals surface area contributed by atoms with E-state index in [4.69, 9.17) is 0 Å². The highest BCUT2D eigenvalue weighted by molar-refractivity contribution is 5.92. The third-order valence-corrected chi connectivity index (χ3v) is 9.20. The van der Waals surface area contributed by atoms with Gasteiger partial charge in [0.15, 0.2) is 0 Å². The Labute approximate surface area is 259 Å². The van der Waals surface area contributed by atoms with Crippen molar-refractivity contribution in [3.05, 3.63) is 175 Å². The van der Waals surface area contributed by atoms with E-state index in [1.54, 1.807) is 0 Å². The molecular formula is C43H33N. The van der Waals surface area contributed by atoms with E-state index in [0.29, 0.717) is 0 Å². The molecule has 0 amide bonds. The number of rotatable bonds is 5. The molecule has 1 heteroatoms. The molecule has 0 spiro atoms. The Hall–Kier alpha value is -5.40. The Morgan fingerprint density at radius 3 is 1.75 bits per heavy atom. The molecule has 0 atom stereocenters. The molecule has 1 aliphatic rings. The van der Waals surface area contributed by atoms with E-state index < -0.39 is 0 Å². The average molecular weight is 564 g/mol. The van der Waals surface area contributed by atoms with E-state index in [-0.39, 0.29) is 5.41 Å². The molecule has 0 saturated carbocycles. The van der Waals surface area contributed by atoms with Crippen LogP contribution in [0.5, 0.6) is 0 Å². The van der Waals surface area contributed by atoms with Crippen LogP contribution >= 0.6 is 0 Å². The zero-order valence-electron chi connectivity index (χ0n) is 25.0. The second-order valence-corrected chi connectivity index (χ2v) is 12.2. The number of hydrogen-bond donors (Lipinski definition) is 0. The number of hydrogen-bond acceptors (Lipinski definition) is 1. The predicted octanol–water partition coefficient (Wildman–Crippen LogP) is 11.9. The van der Waals surface area contributed by atoms with Crippen molar-refractivity contribution >= 4 is 27.8 Å². The third kappa shape index (κ3) is 4.32. The van der Waals surface area contributed by atoms with Crippen LogP contribution in [0.25, 0.3) is 44.2 Å². The molecular weight excluding hydrogens is 530 g/mol. The van der Waals surface area contributed by atoms with Gasteiger partial charge in [-0.3, -0.25) is 0 Å². The highest BCUT2D eigenvalue weighted by Crippen LogP contribution is 2.54. The van der Waals surface area contributed by atoms with E-state index >= 15 is 0 Å². The molecule has 7 aromatic carbocycles. The van der Waals surface area contributed by atoms with Crippen molar-refractivity contribution in [1.82, 2.24) is 0 Å². The Morgan fingerprint density at radius 1 is 0.409 bits per heavy atom. The van der Waals surface area contributed by atoms with Crippen LogP contribution in [0.3, 0.4) is 0 Å². The minimum atomic E-state index is -0.145. The van der Waals surface area contributed by atoms with Gasteiger partial charge in [-0.1, -0.05) is 141 Å². The molecule has 0 aromatic heterocycles. The fourth-order valence-corrected chi connectivity index (χ4v) is 7.08. The van der Waals surface area contributed by atoms with E-state index in [9.17, 15) is 0 Å². The van der Waals surface area contributed by atoms with Crippen LogP contribution in [0.1, 0.15) is 25.0 Å². The molecule has 1 aliphatic carbocycles. The van der Waals surface area contributed by atoms with Crippen molar-refractivity contribution in [2.24, 2.45) is 0 Å². The summed E-state index contributed by atoms with van der Waals surface area (Å²) in [6.07, 6.45) is 0. The van der Waals surface area contributed by atoms with Crippen LogP contribution in [-0.2, 0) is 5.41 Å². The topological polar surface area (TPSA) is 3.24 Å². The van der Waals surface area contributed by atoms with Gasteiger partial charge in [0.2, 0.25) is 0 Å². The van der Waals surface area contributed by atoms with Crippen LogP contribution in [0, 0.1) is 0 Å². The lowest BCUT2D eigenvalue weighted by Gasteiger charge is -2.32. The molecule has 0 N–H and O–H groups in total. The van der Waals surface area contributed by atoms with Gasteiger partial charge < -0.3 is 4.90 Å². The number of nitrogens with zero attached hydrogens (tertiary/aromatic N) is 1. The smallest absolute Gasteiger partial charge is 0.0508 e. The van der Waals surface area contributed by atoms with Crippen LogP contribution in [0.4, 0.5) is 17.1 Å². The van der Waals surface area contributed by atoms with Gasteiger partial charge in [-0.05, 0) is 91.7 Å². The minimum Gasteiger partial charge on any atom is -0.310 e. The number of benzene rings is 7. The van der Waals surface area contributed by atoms with Gasteiger partial charge in [-0.25, -0.2) is 0 Å². The van der Waals surface area contributed by atoms with Crippen molar-refractivity contribution in [3.63, 3.8) is 0 Å². The van der Waals surface area contributed by atoms with Gasteiger partial charge >= 0.3 is 0 Å². The number of fused-ring (bicyclic) bond motifs is 4. The molecule has 0 unspecified atom stereocenters. The summed E-state index contributed by atoms with van der Waals surface area (Å²) in [7, 11) is 0. The summed E-state index contributed by atoms with van der Waals surface area (Å²) in [5, 5.41) is 2.51. The summed E-state index contributed by atoms with van der Waals surface area (Å²) in [5.74, 6) is 0. The minimum absolute atomic E-state index is 0.145. The zero-order chi connectivity index (χ0) is 29.7. The standard InChI is InChI=1S/C43H33N/c1-43(2)40-23-9-8-21-38(40)39-22-12-24-41(42(39)43)44(36-19-10-17-33(28-36)30-13-4-3-5-14-30)37-20-11-18-34(29-37)35-26-25-31-15-6-7-16-32(31)27-35/h3-29H,1-2H3. The summed E-state index contributed by atoms with van der Waals surface area (Å²) in [5.41, 5.74) is 13.6. The van der Waals surface area contributed by atoms with Crippen molar-refractivity contribution < 1.29 is 0 Å². The number of anilines is 3. The Morgan fingerprint density at radius 2 is 0.977 bits per heavy atom. The van der Waals surface area contributed by atoms with E-state index in [1.807, 2.05) is 0 Å². The maximum atomic E-state index is 2.46. The summed E-state index contributed by atoms with van der Waals surface area (Å²) >= 11 is 0. The van der Waals surface area contributed by atoms with Gasteiger partial charge in [-0.2, -0.15) is 0 Å². The SMILES string of the molecule is CC1(C)c2ccccc2-c2cccc(N(c3cccc(-c4ccccc4)c3)c3cccc(-c4ccc5ccccc5c4)c3)c21. The predicted molar refractivity (Wildman–Crippen MR) is 187 cm³/mol. The molecule has 0 aliphatic heterocycles. The molecule has 0 bridgehead atoms. The Bertz CT molecular complexity index is 2150. The van der Waals surface area contributed by atoms with E-state index in [1.165, 1.54) is 61.0 Å². The summed E-state index contributed by atoms with van der Waals surface area (Å²) in [6.45, 7) is 4.73. The maximum Gasteiger partial charge on any atom is 0.0508 e. The van der Waals surface area contributed by atoms with Crippen LogP contribution < -0.4 is 4.90 Å². The molecule has 0 heterocycles. The van der Waals surface area contributed by atoms with Gasteiger partial charge in [-0.15, -0.1) is 0 Å². The van der Waals surface area contributed by atoms with Crippen molar-refractivity contribution in [1.29, 1.82) is 0 Å². The normalized spacial score (nSPS) is 13.0. The van der Waals surface area contributed by atoms with E-state index in [0.717, 1.165) is 11.4 Å². The van der Waals surface area contributed by atoms with Gasteiger partial charge in [0.25, 0.3) is 0 Å². The quantitative estimate of drug-likeness (QED) is 0.201. The largest absolute Gasteiger partial charge is 0.310 e.